The molecule has 0 fully saturated rings. The summed E-state index contributed by atoms with van der Waals surface area (Å²) >= 11 is 0. The Bertz CT molecular complexity index is 277. The molecule has 0 heterocycles. The van der Waals surface area contributed by atoms with Crippen molar-refractivity contribution in [1.29, 1.82) is 0 Å². The van der Waals surface area contributed by atoms with Gasteiger partial charge in [-0.15, -0.1) is 0 Å². The first-order chi connectivity index (χ1) is 7.06. The molecular formula is C14H23F. The van der Waals surface area contributed by atoms with Crippen molar-refractivity contribution in [3.8, 4) is 0 Å². The van der Waals surface area contributed by atoms with Gasteiger partial charge in [0.15, 0.2) is 0 Å². The van der Waals surface area contributed by atoms with Crippen LogP contribution >= 0.6 is 0 Å². The number of aryl methyl sites for hydroxylation is 1. The third kappa shape index (κ3) is 3.65. The predicted octanol–water partition coefficient (Wildman–Crippen LogP) is 4.85. The molecule has 0 saturated heterocycles. The van der Waals surface area contributed by atoms with Gasteiger partial charge in [0.05, 0.1) is 0 Å². The molecule has 0 aliphatic carbocycles. The van der Waals surface area contributed by atoms with Gasteiger partial charge >= 0.3 is 0 Å². The summed E-state index contributed by atoms with van der Waals surface area (Å²) in [6.07, 6.45) is 0.774. The monoisotopic (exact) mass is 210 g/mol. The summed E-state index contributed by atoms with van der Waals surface area (Å²) in [6, 6.07) is 3.75. The third-order valence-electron chi connectivity index (χ3n) is 2.46. The van der Waals surface area contributed by atoms with Crippen LogP contribution in [0.5, 0.6) is 0 Å². The summed E-state index contributed by atoms with van der Waals surface area (Å²) in [5.74, 6) is 0.352. The molecule has 0 atom stereocenters. The van der Waals surface area contributed by atoms with Gasteiger partial charge in [-0.3, -0.25) is 0 Å². The van der Waals surface area contributed by atoms with E-state index in [2.05, 4.69) is 19.9 Å². The lowest BCUT2D eigenvalue weighted by Gasteiger charge is -2.10. The molecule has 0 aromatic heterocycles. The van der Waals surface area contributed by atoms with Crippen LogP contribution in [0, 0.1) is 12.7 Å². The van der Waals surface area contributed by atoms with Gasteiger partial charge in [-0.1, -0.05) is 40.7 Å². The average molecular weight is 210 g/mol. The molecule has 0 radical (unpaired) electrons. The van der Waals surface area contributed by atoms with E-state index in [1.165, 1.54) is 0 Å². The molecule has 15 heavy (non-hydrogen) atoms. The first-order valence-electron chi connectivity index (χ1n) is 5.85. The maximum Gasteiger partial charge on any atom is 0.126 e. The van der Waals surface area contributed by atoms with Crippen molar-refractivity contribution in [2.24, 2.45) is 0 Å². The standard InChI is InChI=1S/C12H17F.C2H6/c1-5-11-9(4)6-10(8(2)3)7-12(11)13;1-2/h6-8H,5H2,1-4H3;1-2H3. The molecule has 1 rings (SSSR count). The highest BCUT2D eigenvalue weighted by molar-refractivity contribution is 5.33. The molecule has 1 aromatic rings. The van der Waals surface area contributed by atoms with Gasteiger partial charge in [0.2, 0.25) is 0 Å². The third-order valence-corrected chi connectivity index (χ3v) is 2.46. The first-order valence-corrected chi connectivity index (χ1v) is 5.85. The van der Waals surface area contributed by atoms with Crippen molar-refractivity contribution in [1.82, 2.24) is 0 Å². The van der Waals surface area contributed by atoms with Crippen molar-refractivity contribution < 1.29 is 4.39 Å². The van der Waals surface area contributed by atoms with Gasteiger partial charge in [-0.25, -0.2) is 4.39 Å². The van der Waals surface area contributed by atoms with E-state index in [9.17, 15) is 4.39 Å². The normalized spacial score (nSPS) is 9.87. The van der Waals surface area contributed by atoms with Gasteiger partial charge < -0.3 is 0 Å². The van der Waals surface area contributed by atoms with E-state index in [0.717, 1.165) is 23.1 Å². The molecular weight excluding hydrogens is 187 g/mol. The zero-order valence-electron chi connectivity index (χ0n) is 10.8. The van der Waals surface area contributed by atoms with Crippen LogP contribution in [0.25, 0.3) is 0 Å². The Morgan fingerprint density at radius 2 is 1.73 bits per heavy atom. The second-order valence-electron chi connectivity index (χ2n) is 3.81. The van der Waals surface area contributed by atoms with E-state index in [4.69, 9.17) is 0 Å². The van der Waals surface area contributed by atoms with Crippen molar-refractivity contribution in [2.45, 2.75) is 53.9 Å². The smallest absolute Gasteiger partial charge is 0.126 e. The SMILES string of the molecule is CC.CCc1c(C)cc(C(C)C)cc1F. The van der Waals surface area contributed by atoms with Crippen LogP contribution in [0.3, 0.4) is 0 Å². The quantitative estimate of drug-likeness (QED) is 0.654. The van der Waals surface area contributed by atoms with Crippen LogP contribution in [-0.2, 0) is 6.42 Å². The maximum absolute atomic E-state index is 13.5. The van der Waals surface area contributed by atoms with Crippen LogP contribution in [0.2, 0.25) is 0 Å². The van der Waals surface area contributed by atoms with Gasteiger partial charge in [0, 0.05) is 0 Å². The number of halogens is 1. The molecule has 0 N–H and O–H groups in total. The van der Waals surface area contributed by atoms with Crippen molar-refractivity contribution >= 4 is 0 Å². The predicted molar refractivity (Wildman–Crippen MR) is 66.0 cm³/mol. The highest BCUT2D eigenvalue weighted by atomic mass is 19.1. The molecule has 0 aliphatic heterocycles. The first kappa shape index (κ1) is 14.2. The van der Waals surface area contributed by atoms with Crippen molar-refractivity contribution in [3.05, 3.63) is 34.6 Å². The Balaban J connectivity index is 0.000000921. The van der Waals surface area contributed by atoms with Crippen molar-refractivity contribution in [2.75, 3.05) is 0 Å². The van der Waals surface area contributed by atoms with Gasteiger partial charge in [0.25, 0.3) is 0 Å². The number of hydrogen-bond acceptors (Lipinski definition) is 0. The van der Waals surface area contributed by atoms with Crippen LogP contribution < -0.4 is 0 Å². The summed E-state index contributed by atoms with van der Waals surface area (Å²) in [6.45, 7) is 12.1. The summed E-state index contributed by atoms with van der Waals surface area (Å²) in [5, 5.41) is 0. The summed E-state index contributed by atoms with van der Waals surface area (Å²) in [5.41, 5.74) is 3.02. The minimum absolute atomic E-state index is 0.0498. The average Bonchev–Trinajstić information content (AvgIpc) is 2.20. The second kappa shape index (κ2) is 6.60. The van der Waals surface area contributed by atoms with E-state index in [0.29, 0.717) is 5.92 Å². The molecule has 0 aliphatic rings. The summed E-state index contributed by atoms with van der Waals surface area (Å²) in [7, 11) is 0. The summed E-state index contributed by atoms with van der Waals surface area (Å²) in [4.78, 5) is 0. The lowest BCUT2D eigenvalue weighted by Crippen LogP contribution is -1.97. The Morgan fingerprint density at radius 3 is 2.07 bits per heavy atom. The molecule has 1 heteroatoms. The van der Waals surface area contributed by atoms with Crippen molar-refractivity contribution in [3.63, 3.8) is 0 Å². The Morgan fingerprint density at radius 1 is 1.20 bits per heavy atom. The zero-order chi connectivity index (χ0) is 12.0. The lowest BCUT2D eigenvalue weighted by atomic mass is 9.96. The van der Waals surface area contributed by atoms with E-state index < -0.39 is 0 Å². The molecule has 86 valence electrons. The fraction of sp³-hybridized carbons (Fsp3) is 0.571. The molecule has 0 unspecified atom stereocenters. The summed E-state index contributed by atoms with van der Waals surface area (Å²) < 4.78 is 13.5. The van der Waals surface area contributed by atoms with E-state index in [1.807, 2.05) is 27.7 Å². The zero-order valence-corrected chi connectivity index (χ0v) is 10.8. The number of hydrogen-bond donors (Lipinski definition) is 0. The van der Waals surface area contributed by atoms with Crippen LogP contribution in [0.4, 0.5) is 4.39 Å². The van der Waals surface area contributed by atoms with Crippen LogP contribution in [-0.4, -0.2) is 0 Å². The largest absolute Gasteiger partial charge is 0.207 e. The minimum atomic E-state index is -0.0498. The molecule has 1 aromatic carbocycles. The highest BCUT2D eigenvalue weighted by Gasteiger charge is 2.07. The fourth-order valence-electron chi connectivity index (χ4n) is 1.58. The molecule has 0 amide bonds. The van der Waals surface area contributed by atoms with E-state index in [1.54, 1.807) is 6.07 Å². The molecule has 0 spiro atoms. The lowest BCUT2D eigenvalue weighted by molar-refractivity contribution is 0.605. The molecule has 0 bridgehead atoms. The van der Waals surface area contributed by atoms with Gasteiger partial charge in [-0.2, -0.15) is 0 Å². The van der Waals surface area contributed by atoms with E-state index >= 15 is 0 Å². The van der Waals surface area contributed by atoms with Crippen LogP contribution in [0.1, 0.15) is 57.2 Å². The Labute approximate surface area is 93.5 Å². The highest BCUT2D eigenvalue weighted by Crippen LogP contribution is 2.21. The Kier molecular flexibility index (Phi) is 6.23. The number of benzene rings is 1. The van der Waals surface area contributed by atoms with Crippen LogP contribution in [0.15, 0.2) is 12.1 Å². The molecule has 0 nitrogen and oxygen atoms in total. The van der Waals surface area contributed by atoms with E-state index in [-0.39, 0.29) is 5.82 Å². The minimum Gasteiger partial charge on any atom is -0.207 e. The van der Waals surface area contributed by atoms with Gasteiger partial charge in [0.1, 0.15) is 5.82 Å². The topological polar surface area (TPSA) is 0 Å². The number of rotatable bonds is 2. The van der Waals surface area contributed by atoms with Gasteiger partial charge in [-0.05, 0) is 42.0 Å². The second-order valence-corrected chi connectivity index (χ2v) is 3.81. The maximum atomic E-state index is 13.5. The molecule has 0 saturated carbocycles. The fourth-order valence-corrected chi connectivity index (χ4v) is 1.58. The Hall–Kier alpha value is -0.850.